The van der Waals surface area contributed by atoms with Gasteiger partial charge in [-0.1, -0.05) is 42.5 Å². The van der Waals surface area contributed by atoms with Gasteiger partial charge in [0, 0.05) is 16.7 Å². The van der Waals surface area contributed by atoms with Gasteiger partial charge in [-0.2, -0.15) is 0 Å². The number of carbonyl (C=O) groups excluding carboxylic acids is 1. The zero-order chi connectivity index (χ0) is 16.3. The summed E-state index contributed by atoms with van der Waals surface area (Å²) < 4.78 is 5.59. The van der Waals surface area contributed by atoms with Crippen molar-refractivity contribution in [1.29, 1.82) is 0 Å². The molecule has 2 aromatic carbocycles. The van der Waals surface area contributed by atoms with Crippen molar-refractivity contribution in [2.45, 2.75) is 23.5 Å². The van der Waals surface area contributed by atoms with Crippen LogP contribution >= 0.6 is 11.8 Å². The molecule has 0 aromatic heterocycles. The Balaban J connectivity index is 1.99. The normalized spacial score (nSPS) is 21.0. The van der Waals surface area contributed by atoms with E-state index in [4.69, 9.17) is 4.74 Å². The van der Waals surface area contributed by atoms with Gasteiger partial charge in [0.15, 0.2) is 5.60 Å². The van der Waals surface area contributed by atoms with Crippen LogP contribution in [0.25, 0.3) is 0 Å². The molecule has 0 aliphatic carbocycles. The van der Waals surface area contributed by atoms with Gasteiger partial charge < -0.3 is 10.1 Å². The number of hydrogen-bond acceptors (Lipinski definition) is 4. The van der Waals surface area contributed by atoms with Crippen molar-refractivity contribution in [3.63, 3.8) is 0 Å². The molecule has 1 heterocycles. The monoisotopic (exact) mass is 325 g/mol. The van der Waals surface area contributed by atoms with Crippen molar-refractivity contribution in [3.8, 4) is 0 Å². The Bertz CT molecular complexity index is 729. The zero-order valence-corrected chi connectivity index (χ0v) is 14.0. The predicted molar refractivity (Wildman–Crippen MR) is 94.7 cm³/mol. The largest absolute Gasteiger partial charge is 0.449 e. The lowest BCUT2D eigenvalue weighted by Crippen LogP contribution is -2.37. The van der Waals surface area contributed by atoms with Crippen LogP contribution < -0.4 is 5.32 Å². The van der Waals surface area contributed by atoms with Gasteiger partial charge in [-0.3, -0.25) is 0 Å². The number of hydrogen-bond donors (Lipinski definition) is 1. The molecule has 4 heteroatoms. The van der Waals surface area contributed by atoms with E-state index in [-0.39, 0.29) is 12.0 Å². The first kappa shape index (κ1) is 15.7. The molecule has 0 amide bonds. The second kappa shape index (κ2) is 6.50. The fraction of sp³-hybridized carbons (Fsp3) is 0.211. The minimum Gasteiger partial charge on any atom is -0.449 e. The fourth-order valence-electron chi connectivity index (χ4n) is 2.80. The molecule has 0 saturated heterocycles. The van der Waals surface area contributed by atoms with Crippen molar-refractivity contribution in [2.24, 2.45) is 0 Å². The molecular weight excluding hydrogens is 306 g/mol. The number of thioether (sulfide) groups is 1. The van der Waals surface area contributed by atoms with Gasteiger partial charge in [-0.25, -0.2) is 4.79 Å². The summed E-state index contributed by atoms with van der Waals surface area (Å²) in [7, 11) is 0. The van der Waals surface area contributed by atoms with Crippen LogP contribution in [0.2, 0.25) is 0 Å². The van der Waals surface area contributed by atoms with Gasteiger partial charge in [-0.15, -0.1) is 11.8 Å². The van der Waals surface area contributed by atoms with E-state index < -0.39 is 5.60 Å². The highest BCUT2D eigenvalue weighted by Crippen LogP contribution is 2.38. The maximum absolute atomic E-state index is 11.6. The van der Waals surface area contributed by atoms with E-state index in [9.17, 15) is 4.79 Å². The third-order valence-corrected chi connectivity index (χ3v) is 4.78. The minimum atomic E-state index is -0.718. The lowest BCUT2D eigenvalue weighted by atomic mass is 9.90. The van der Waals surface area contributed by atoms with Gasteiger partial charge in [-0.05, 0) is 37.0 Å². The highest BCUT2D eigenvalue weighted by atomic mass is 32.2. The molecule has 0 saturated carbocycles. The van der Waals surface area contributed by atoms with E-state index in [1.807, 2.05) is 61.5 Å². The van der Waals surface area contributed by atoms with Gasteiger partial charge in [0.05, 0.1) is 6.04 Å². The molecule has 0 spiro atoms. The number of esters is 1. The Hall–Kier alpha value is -2.20. The van der Waals surface area contributed by atoms with Crippen LogP contribution in [-0.2, 0) is 9.53 Å². The van der Waals surface area contributed by atoms with E-state index in [1.165, 1.54) is 6.08 Å². The molecule has 2 atom stereocenters. The molecule has 0 fully saturated rings. The Morgan fingerprint density at radius 2 is 1.78 bits per heavy atom. The summed E-state index contributed by atoms with van der Waals surface area (Å²) in [6, 6.07) is 18.0. The first-order valence-corrected chi connectivity index (χ1v) is 8.71. The molecule has 118 valence electrons. The first-order valence-electron chi connectivity index (χ1n) is 7.49. The van der Waals surface area contributed by atoms with E-state index in [0.717, 1.165) is 16.1 Å². The number of benzene rings is 2. The number of nitrogens with one attached hydrogen (secondary N) is 1. The molecule has 0 unspecified atom stereocenters. The van der Waals surface area contributed by atoms with Crippen LogP contribution in [0.3, 0.4) is 0 Å². The molecule has 3 nitrogen and oxygen atoms in total. The topological polar surface area (TPSA) is 38.3 Å². The standard InChI is InChI=1S/C19H19NO2S/c1-19(13-12-17(21)22-19)18(14-8-4-3-5-9-14)20-15-10-6-7-11-16(15)23-2/h3-13,18,20H,1-2H3/t18-,19+/m0/s1. The highest BCUT2D eigenvalue weighted by Gasteiger charge is 2.40. The zero-order valence-electron chi connectivity index (χ0n) is 13.2. The van der Waals surface area contributed by atoms with E-state index in [1.54, 1.807) is 11.8 Å². The van der Waals surface area contributed by atoms with Crippen molar-refractivity contribution in [1.82, 2.24) is 0 Å². The summed E-state index contributed by atoms with van der Waals surface area (Å²) in [4.78, 5) is 12.8. The van der Waals surface area contributed by atoms with Gasteiger partial charge >= 0.3 is 5.97 Å². The smallest absolute Gasteiger partial charge is 0.331 e. The first-order chi connectivity index (χ1) is 11.1. The Labute approximate surface area is 140 Å². The summed E-state index contributed by atoms with van der Waals surface area (Å²) in [5.41, 5.74) is 1.39. The summed E-state index contributed by atoms with van der Waals surface area (Å²) >= 11 is 1.69. The second-order valence-corrected chi connectivity index (χ2v) is 6.47. The third-order valence-electron chi connectivity index (χ3n) is 3.98. The molecule has 1 N–H and O–H groups in total. The fourth-order valence-corrected chi connectivity index (χ4v) is 3.36. The molecule has 23 heavy (non-hydrogen) atoms. The van der Waals surface area contributed by atoms with E-state index >= 15 is 0 Å². The molecule has 0 bridgehead atoms. The quantitative estimate of drug-likeness (QED) is 0.652. The SMILES string of the molecule is CSc1ccccc1N[C@@H](c1ccccc1)[C@@]1(C)C=CC(=O)O1. The van der Waals surface area contributed by atoms with Crippen LogP contribution in [-0.4, -0.2) is 17.8 Å². The number of carbonyl (C=O) groups is 1. The van der Waals surface area contributed by atoms with Gasteiger partial charge in [0.2, 0.25) is 0 Å². The molecule has 3 rings (SSSR count). The van der Waals surface area contributed by atoms with E-state index in [0.29, 0.717) is 0 Å². The summed E-state index contributed by atoms with van der Waals surface area (Å²) in [5.74, 6) is -0.298. The molecule has 2 aromatic rings. The van der Waals surface area contributed by atoms with Gasteiger partial charge in [0.25, 0.3) is 0 Å². The third kappa shape index (κ3) is 3.27. The number of anilines is 1. The lowest BCUT2D eigenvalue weighted by Gasteiger charge is -2.34. The van der Waals surface area contributed by atoms with Crippen molar-refractivity contribution >= 4 is 23.4 Å². The average molecular weight is 325 g/mol. The van der Waals surface area contributed by atoms with Crippen LogP contribution in [0.1, 0.15) is 18.5 Å². The van der Waals surface area contributed by atoms with Crippen molar-refractivity contribution in [3.05, 3.63) is 72.3 Å². The Morgan fingerprint density at radius 3 is 2.43 bits per heavy atom. The Morgan fingerprint density at radius 1 is 1.09 bits per heavy atom. The van der Waals surface area contributed by atoms with Crippen molar-refractivity contribution < 1.29 is 9.53 Å². The van der Waals surface area contributed by atoms with Crippen LogP contribution in [0, 0.1) is 0 Å². The number of rotatable bonds is 5. The number of cyclic esters (lactones) is 1. The minimum absolute atomic E-state index is 0.167. The highest BCUT2D eigenvalue weighted by molar-refractivity contribution is 7.98. The van der Waals surface area contributed by atoms with Crippen molar-refractivity contribution in [2.75, 3.05) is 11.6 Å². The van der Waals surface area contributed by atoms with Crippen LogP contribution in [0.5, 0.6) is 0 Å². The molecule has 0 radical (unpaired) electrons. The molecule has 1 aliphatic rings. The summed E-state index contributed by atoms with van der Waals surface area (Å²) in [5, 5.41) is 3.57. The second-order valence-electron chi connectivity index (χ2n) is 5.63. The number of ether oxygens (including phenoxy) is 1. The molecular formula is C19H19NO2S. The lowest BCUT2D eigenvalue weighted by molar-refractivity contribution is -0.145. The maximum Gasteiger partial charge on any atom is 0.331 e. The maximum atomic E-state index is 11.6. The summed E-state index contributed by atoms with van der Waals surface area (Å²) in [6.45, 7) is 1.93. The number of para-hydroxylation sites is 1. The molecule has 1 aliphatic heterocycles. The van der Waals surface area contributed by atoms with Crippen LogP contribution in [0.15, 0.2) is 71.6 Å². The van der Waals surface area contributed by atoms with Crippen LogP contribution in [0.4, 0.5) is 5.69 Å². The van der Waals surface area contributed by atoms with Gasteiger partial charge in [0.1, 0.15) is 0 Å². The predicted octanol–water partition coefficient (Wildman–Crippen LogP) is 4.43. The van der Waals surface area contributed by atoms with E-state index in [2.05, 4.69) is 17.6 Å². The summed E-state index contributed by atoms with van der Waals surface area (Å²) in [6.07, 6.45) is 5.38. The average Bonchev–Trinajstić information content (AvgIpc) is 2.93. The Kier molecular flexibility index (Phi) is 4.44.